The number of nitrogens with zero attached hydrogens (tertiary/aromatic N) is 3. The van der Waals surface area contributed by atoms with Crippen LogP contribution in [0.3, 0.4) is 0 Å². The van der Waals surface area contributed by atoms with Crippen molar-refractivity contribution in [2.45, 2.75) is 31.2 Å². The fourth-order valence-electron chi connectivity index (χ4n) is 3.57. The molecule has 4 rings (SSSR count). The molecule has 0 atom stereocenters. The normalized spacial score (nSPS) is 14.7. The number of imidazole rings is 1. The summed E-state index contributed by atoms with van der Waals surface area (Å²) in [5.41, 5.74) is 2.92. The van der Waals surface area contributed by atoms with Crippen molar-refractivity contribution in [2.75, 3.05) is 13.1 Å². The summed E-state index contributed by atoms with van der Waals surface area (Å²) in [6, 6.07) is 12.6. The molecular formula is C22H24N4O3S. The number of aryl methyl sites for hydroxylation is 1. The Labute approximate surface area is 176 Å². The second kappa shape index (κ2) is 8.41. The molecule has 1 aliphatic heterocycles. The first-order valence-corrected chi connectivity index (χ1v) is 11.4. The molecule has 0 aliphatic carbocycles. The van der Waals surface area contributed by atoms with Crippen LogP contribution in [-0.4, -0.2) is 41.3 Å². The first-order chi connectivity index (χ1) is 14.4. The van der Waals surface area contributed by atoms with E-state index in [1.165, 1.54) is 10.4 Å². The average molecular weight is 425 g/mol. The van der Waals surface area contributed by atoms with Gasteiger partial charge in [0.05, 0.1) is 11.2 Å². The summed E-state index contributed by atoms with van der Waals surface area (Å²) >= 11 is 0. The maximum absolute atomic E-state index is 12.9. The summed E-state index contributed by atoms with van der Waals surface area (Å²) in [7, 11) is -3.57. The highest BCUT2D eigenvalue weighted by atomic mass is 32.2. The summed E-state index contributed by atoms with van der Waals surface area (Å²) in [5.74, 6) is -0.299. The zero-order chi connectivity index (χ0) is 21.1. The Morgan fingerprint density at radius 2 is 1.83 bits per heavy atom. The van der Waals surface area contributed by atoms with Crippen LogP contribution in [0.15, 0.2) is 66.1 Å². The second-order valence-electron chi connectivity index (χ2n) is 7.41. The molecule has 1 N–H and O–H groups in total. The van der Waals surface area contributed by atoms with Gasteiger partial charge in [0.25, 0.3) is 5.91 Å². The third kappa shape index (κ3) is 4.15. The lowest BCUT2D eigenvalue weighted by atomic mass is 10.1. The third-order valence-electron chi connectivity index (χ3n) is 5.33. The van der Waals surface area contributed by atoms with Gasteiger partial charge in [0.1, 0.15) is 0 Å². The molecule has 2 aromatic carbocycles. The predicted octanol–water partition coefficient (Wildman–Crippen LogP) is 2.90. The van der Waals surface area contributed by atoms with E-state index in [1.54, 1.807) is 31.6 Å². The lowest BCUT2D eigenvalue weighted by Crippen LogP contribution is -2.29. The van der Waals surface area contributed by atoms with Crippen molar-refractivity contribution in [1.82, 2.24) is 19.2 Å². The van der Waals surface area contributed by atoms with Gasteiger partial charge in [-0.3, -0.25) is 4.79 Å². The summed E-state index contributed by atoms with van der Waals surface area (Å²) in [4.78, 5) is 16.9. The summed E-state index contributed by atoms with van der Waals surface area (Å²) in [5, 5.41) is 2.87. The van der Waals surface area contributed by atoms with Gasteiger partial charge in [-0.15, -0.1) is 0 Å². The summed E-state index contributed by atoms with van der Waals surface area (Å²) in [6.45, 7) is 3.18. The highest BCUT2D eigenvalue weighted by Crippen LogP contribution is 2.24. The van der Waals surface area contributed by atoms with Crippen LogP contribution in [0.4, 0.5) is 0 Å². The number of rotatable bonds is 6. The van der Waals surface area contributed by atoms with Crippen LogP contribution in [0, 0.1) is 6.92 Å². The molecule has 1 aromatic heterocycles. The number of carbonyl (C=O) groups excluding carboxylic acids is 1. The van der Waals surface area contributed by atoms with E-state index in [2.05, 4.69) is 10.3 Å². The van der Waals surface area contributed by atoms with E-state index >= 15 is 0 Å². The topological polar surface area (TPSA) is 84.3 Å². The van der Waals surface area contributed by atoms with Gasteiger partial charge >= 0.3 is 0 Å². The number of hydrogen-bond donors (Lipinski definition) is 1. The number of benzene rings is 2. The Kier molecular flexibility index (Phi) is 5.69. The molecule has 2 heterocycles. The van der Waals surface area contributed by atoms with Gasteiger partial charge in [0.2, 0.25) is 10.0 Å². The van der Waals surface area contributed by atoms with Crippen LogP contribution in [0.5, 0.6) is 0 Å². The van der Waals surface area contributed by atoms with Crippen LogP contribution in [0.2, 0.25) is 0 Å². The number of nitrogens with one attached hydrogen (secondary N) is 1. The first kappa shape index (κ1) is 20.3. The monoisotopic (exact) mass is 424 g/mol. The zero-order valence-electron chi connectivity index (χ0n) is 16.8. The molecule has 1 amide bonds. The Hall–Kier alpha value is -2.97. The lowest BCUT2D eigenvalue weighted by Gasteiger charge is -2.18. The molecule has 3 aromatic rings. The van der Waals surface area contributed by atoms with Crippen molar-refractivity contribution < 1.29 is 13.2 Å². The number of hydrogen-bond acceptors (Lipinski definition) is 4. The Morgan fingerprint density at radius 3 is 2.50 bits per heavy atom. The largest absolute Gasteiger partial charge is 0.348 e. The molecule has 1 saturated heterocycles. The van der Waals surface area contributed by atoms with Gasteiger partial charge in [-0.1, -0.05) is 18.2 Å². The minimum Gasteiger partial charge on any atom is -0.348 e. The third-order valence-corrected chi connectivity index (χ3v) is 7.37. The van der Waals surface area contributed by atoms with Crippen molar-refractivity contribution in [2.24, 2.45) is 0 Å². The highest BCUT2D eigenvalue weighted by molar-refractivity contribution is 7.89. The van der Waals surface area contributed by atoms with Crippen molar-refractivity contribution in [3.63, 3.8) is 0 Å². The van der Waals surface area contributed by atoms with Crippen molar-refractivity contribution in [3.8, 4) is 5.69 Å². The van der Waals surface area contributed by atoms with Gasteiger partial charge in [0.15, 0.2) is 0 Å². The minimum atomic E-state index is -3.57. The molecule has 0 saturated carbocycles. The molecular weight excluding hydrogens is 400 g/mol. The smallest absolute Gasteiger partial charge is 0.251 e. The average Bonchev–Trinajstić information content (AvgIpc) is 3.47. The quantitative estimate of drug-likeness (QED) is 0.659. The Bertz CT molecular complexity index is 1130. The zero-order valence-corrected chi connectivity index (χ0v) is 17.6. The maximum Gasteiger partial charge on any atom is 0.251 e. The Morgan fingerprint density at radius 1 is 1.10 bits per heavy atom. The molecule has 0 bridgehead atoms. The number of amides is 1. The number of aromatic nitrogens is 2. The van der Waals surface area contributed by atoms with E-state index in [1.807, 2.05) is 35.0 Å². The van der Waals surface area contributed by atoms with E-state index in [9.17, 15) is 13.2 Å². The van der Waals surface area contributed by atoms with Gasteiger partial charge in [0, 0.05) is 43.3 Å². The number of carbonyl (C=O) groups is 1. The second-order valence-corrected chi connectivity index (χ2v) is 9.32. The SMILES string of the molecule is Cc1ccc(C(=O)NCc2ccc(-n3ccnc3)cc2)cc1S(=O)(=O)N1CCCC1. The van der Waals surface area contributed by atoms with E-state index in [4.69, 9.17) is 0 Å². The van der Waals surface area contributed by atoms with E-state index in [0.29, 0.717) is 30.8 Å². The van der Waals surface area contributed by atoms with Gasteiger partial charge in [-0.05, 0) is 55.2 Å². The molecule has 0 radical (unpaired) electrons. The van der Waals surface area contributed by atoms with Crippen LogP contribution >= 0.6 is 0 Å². The molecule has 8 heteroatoms. The summed E-state index contributed by atoms with van der Waals surface area (Å²) < 4.78 is 29.3. The molecule has 0 unspecified atom stereocenters. The van der Waals surface area contributed by atoms with Crippen LogP contribution < -0.4 is 5.32 Å². The molecule has 0 spiro atoms. The highest BCUT2D eigenvalue weighted by Gasteiger charge is 2.29. The molecule has 1 aliphatic rings. The predicted molar refractivity (Wildman–Crippen MR) is 114 cm³/mol. The molecule has 156 valence electrons. The van der Waals surface area contributed by atoms with Gasteiger partial charge in [-0.25, -0.2) is 13.4 Å². The van der Waals surface area contributed by atoms with Gasteiger partial charge in [-0.2, -0.15) is 4.31 Å². The standard InChI is InChI=1S/C22H24N4O3S/c1-17-4-7-19(14-21(17)30(28,29)26-11-2-3-12-26)22(27)24-15-18-5-8-20(9-6-18)25-13-10-23-16-25/h4-10,13-14,16H,2-3,11-12,15H2,1H3,(H,24,27). The van der Waals surface area contributed by atoms with Crippen LogP contribution in [-0.2, 0) is 16.6 Å². The minimum absolute atomic E-state index is 0.210. The van der Waals surface area contributed by atoms with Gasteiger partial charge < -0.3 is 9.88 Å². The number of sulfonamides is 1. The Balaban J connectivity index is 1.46. The summed E-state index contributed by atoms with van der Waals surface area (Å²) in [6.07, 6.45) is 7.05. The molecule has 30 heavy (non-hydrogen) atoms. The molecule has 1 fully saturated rings. The molecule has 7 nitrogen and oxygen atoms in total. The van der Waals surface area contributed by atoms with Crippen molar-refractivity contribution >= 4 is 15.9 Å². The fraction of sp³-hybridized carbons (Fsp3) is 0.273. The maximum atomic E-state index is 12.9. The van der Waals surface area contributed by atoms with Crippen molar-refractivity contribution in [1.29, 1.82) is 0 Å². The van der Waals surface area contributed by atoms with E-state index < -0.39 is 10.0 Å². The van der Waals surface area contributed by atoms with Crippen molar-refractivity contribution in [3.05, 3.63) is 77.9 Å². The first-order valence-electron chi connectivity index (χ1n) is 9.91. The lowest BCUT2D eigenvalue weighted by molar-refractivity contribution is 0.0950. The fourth-order valence-corrected chi connectivity index (χ4v) is 5.34. The van der Waals surface area contributed by atoms with Crippen LogP contribution in [0.25, 0.3) is 5.69 Å². The van der Waals surface area contributed by atoms with E-state index in [0.717, 1.165) is 24.1 Å². The van der Waals surface area contributed by atoms with E-state index in [-0.39, 0.29) is 10.8 Å². The van der Waals surface area contributed by atoms with Crippen LogP contribution in [0.1, 0.15) is 34.3 Å².